The minimum absolute atomic E-state index is 0.141. The maximum Gasteiger partial charge on any atom is 0.338 e. The summed E-state index contributed by atoms with van der Waals surface area (Å²) in [6.45, 7) is 2.14. The van der Waals surface area contributed by atoms with Crippen LogP contribution in [0.2, 0.25) is 0 Å². The quantitative estimate of drug-likeness (QED) is 0.350. The molecule has 6 heteroatoms. The number of imidazole rings is 1. The van der Waals surface area contributed by atoms with Crippen molar-refractivity contribution < 1.29 is 14.3 Å². The zero-order chi connectivity index (χ0) is 23.5. The van der Waals surface area contributed by atoms with Crippen LogP contribution in [-0.4, -0.2) is 28.0 Å². The van der Waals surface area contributed by atoms with Crippen LogP contribution < -0.4 is 5.32 Å². The molecule has 3 aromatic carbocycles. The smallest absolute Gasteiger partial charge is 0.338 e. The Bertz CT molecular complexity index is 1320. The van der Waals surface area contributed by atoms with Crippen LogP contribution in [0.5, 0.6) is 0 Å². The summed E-state index contributed by atoms with van der Waals surface area (Å²) >= 11 is 0. The lowest BCUT2D eigenvalue weighted by molar-refractivity contribution is 0.0526. The number of carbonyl (C=O) groups excluding carboxylic acids is 2. The molecule has 0 spiro atoms. The molecule has 172 valence electrons. The van der Waals surface area contributed by atoms with Crippen LogP contribution in [0.1, 0.15) is 59.4 Å². The van der Waals surface area contributed by atoms with Gasteiger partial charge in [0.2, 0.25) is 0 Å². The minimum Gasteiger partial charge on any atom is -0.462 e. The average Bonchev–Trinajstić information content (AvgIpc) is 3.52. The summed E-state index contributed by atoms with van der Waals surface area (Å²) in [6.07, 6.45) is 4.64. The van der Waals surface area contributed by atoms with E-state index >= 15 is 0 Å². The topological polar surface area (TPSA) is 73.2 Å². The van der Waals surface area contributed by atoms with E-state index in [0.717, 1.165) is 41.0 Å². The van der Waals surface area contributed by atoms with Crippen molar-refractivity contribution in [3.8, 4) is 11.4 Å². The summed E-state index contributed by atoms with van der Waals surface area (Å²) in [6, 6.07) is 22.9. The van der Waals surface area contributed by atoms with Crippen LogP contribution in [0.25, 0.3) is 22.4 Å². The number of ether oxygens (including phenoxy) is 1. The minimum atomic E-state index is -0.333. The highest BCUT2D eigenvalue weighted by atomic mass is 16.5. The van der Waals surface area contributed by atoms with Gasteiger partial charge in [0.05, 0.1) is 23.2 Å². The Hall–Kier alpha value is -3.93. The average molecular weight is 454 g/mol. The number of aromatic nitrogens is 2. The van der Waals surface area contributed by atoms with Crippen molar-refractivity contribution in [1.29, 1.82) is 0 Å². The van der Waals surface area contributed by atoms with Gasteiger partial charge in [-0.2, -0.15) is 0 Å². The molecule has 34 heavy (non-hydrogen) atoms. The molecular formula is C28H27N3O3. The maximum atomic E-state index is 12.5. The zero-order valence-electron chi connectivity index (χ0n) is 19.2. The number of nitrogens with one attached hydrogen (secondary N) is 1. The van der Waals surface area contributed by atoms with Gasteiger partial charge in [-0.05, 0) is 74.4 Å². The molecular weight excluding hydrogens is 426 g/mol. The van der Waals surface area contributed by atoms with Gasteiger partial charge in [-0.15, -0.1) is 0 Å². The van der Waals surface area contributed by atoms with Crippen LogP contribution in [0.3, 0.4) is 0 Å². The SMILES string of the molecule is CCOC(=O)c1ccc2c(c1)nc(-c1ccc(NC(=O)c3ccccc3)cc1)n2C1CCCC1. The van der Waals surface area contributed by atoms with E-state index in [1.54, 1.807) is 19.1 Å². The first-order valence-corrected chi connectivity index (χ1v) is 11.8. The molecule has 0 aliphatic heterocycles. The van der Waals surface area contributed by atoms with Gasteiger partial charge >= 0.3 is 5.97 Å². The summed E-state index contributed by atoms with van der Waals surface area (Å²) in [7, 11) is 0. The van der Waals surface area contributed by atoms with Gasteiger partial charge in [-0.3, -0.25) is 4.79 Å². The van der Waals surface area contributed by atoms with Crippen LogP contribution in [0, 0.1) is 0 Å². The molecule has 1 saturated carbocycles. The Morgan fingerprint density at radius 1 is 0.971 bits per heavy atom. The van der Waals surface area contributed by atoms with Crippen molar-refractivity contribution >= 4 is 28.6 Å². The molecule has 0 bridgehead atoms. The Morgan fingerprint density at radius 3 is 2.41 bits per heavy atom. The molecule has 1 fully saturated rings. The summed E-state index contributed by atoms with van der Waals surface area (Å²) in [5.74, 6) is 0.404. The van der Waals surface area contributed by atoms with Crippen molar-refractivity contribution in [1.82, 2.24) is 9.55 Å². The normalized spacial score (nSPS) is 13.8. The van der Waals surface area contributed by atoms with Crippen molar-refractivity contribution in [2.75, 3.05) is 11.9 Å². The second-order valence-corrected chi connectivity index (χ2v) is 8.57. The van der Waals surface area contributed by atoms with E-state index in [2.05, 4.69) is 9.88 Å². The van der Waals surface area contributed by atoms with Gasteiger partial charge in [0.1, 0.15) is 5.82 Å². The summed E-state index contributed by atoms with van der Waals surface area (Å²) < 4.78 is 7.48. The molecule has 1 aromatic heterocycles. The standard InChI is InChI=1S/C28H27N3O3/c1-2-34-28(33)21-14-17-25-24(18-21)30-26(31(25)23-10-6-7-11-23)19-12-15-22(16-13-19)29-27(32)20-8-4-3-5-9-20/h3-5,8-9,12-18,23H,2,6-7,10-11H2,1H3,(H,29,32). The van der Waals surface area contributed by atoms with E-state index in [1.807, 2.05) is 60.7 Å². The number of esters is 1. The lowest BCUT2D eigenvalue weighted by Gasteiger charge is -2.17. The lowest BCUT2D eigenvalue weighted by atomic mass is 10.1. The van der Waals surface area contributed by atoms with E-state index in [4.69, 9.17) is 9.72 Å². The number of hydrogen-bond donors (Lipinski definition) is 1. The number of benzene rings is 3. The molecule has 1 heterocycles. The van der Waals surface area contributed by atoms with E-state index in [1.165, 1.54) is 12.8 Å². The second kappa shape index (κ2) is 9.51. The van der Waals surface area contributed by atoms with Gasteiger partial charge in [0.25, 0.3) is 5.91 Å². The van der Waals surface area contributed by atoms with Crippen LogP contribution in [0.15, 0.2) is 72.8 Å². The molecule has 0 unspecified atom stereocenters. The molecule has 0 atom stereocenters. The highest BCUT2D eigenvalue weighted by molar-refractivity contribution is 6.04. The fourth-order valence-electron chi connectivity index (χ4n) is 4.67. The second-order valence-electron chi connectivity index (χ2n) is 8.57. The van der Waals surface area contributed by atoms with E-state index < -0.39 is 0 Å². The van der Waals surface area contributed by atoms with Gasteiger partial charge in [-0.25, -0.2) is 9.78 Å². The zero-order valence-corrected chi connectivity index (χ0v) is 19.2. The highest BCUT2D eigenvalue weighted by Crippen LogP contribution is 2.37. The van der Waals surface area contributed by atoms with Crippen molar-refractivity contribution in [3.63, 3.8) is 0 Å². The van der Waals surface area contributed by atoms with Gasteiger partial charge in [0, 0.05) is 22.9 Å². The third kappa shape index (κ3) is 4.31. The third-order valence-electron chi connectivity index (χ3n) is 6.33. The Labute approximate surface area is 198 Å². The number of rotatable bonds is 6. The summed E-state index contributed by atoms with van der Waals surface area (Å²) in [4.78, 5) is 29.7. The Balaban J connectivity index is 1.48. The molecule has 5 rings (SSSR count). The lowest BCUT2D eigenvalue weighted by Crippen LogP contribution is -2.11. The molecule has 0 saturated heterocycles. The first-order chi connectivity index (χ1) is 16.6. The molecule has 6 nitrogen and oxygen atoms in total. The number of amides is 1. The van der Waals surface area contributed by atoms with Gasteiger partial charge in [-0.1, -0.05) is 31.0 Å². The van der Waals surface area contributed by atoms with Crippen molar-refractivity contribution in [2.24, 2.45) is 0 Å². The molecule has 1 aliphatic rings. The fourth-order valence-corrected chi connectivity index (χ4v) is 4.67. The molecule has 4 aromatic rings. The predicted octanol–water partition coefficient (Wildman–Crippen LogP) is 6.25. The molecule has 1 aliphatic carbocycles. The Morgan fingerprint density at radius 2 is 1.71 bits per heavy atom. The van der Waals surface area contributed by atoms with Crippen molar-refractivity contribution in [3.05, 3.63) is 83.9 Å². The molecule has 1 N–H and O–H groups in total. The van der Waals surface area contributed by atoms with Crippen LogP contribution in [0.4, 0.5) is 5.69 Å². The molecule has 0 radical (unpaired) electrons. The van der Waals surface area contributed by atoms with Crippen LogP contribution in [-0.2, 0) is 4.74 Å². The number of nitrogens with zero attached hydrogens (tertiary/aromatic N) is 2. The first kappa shape index (κ1) is 21.9. The molecule has 1 amide bonds. The highest BCUT2D eigenvalue weighted by Gasteiger charge is 2.24. The van der Waals surface area contributed by atoms with E-state index in [9.17, 15) is 9.59 Å². The maximum absolute atomic E-state index is 12.5. The van der Waals surface area contributed by atoms with Crippen molar-refractivity contribution in [2.45, 2.75) is 38.6 Å². The first-order valence-electron chi connectivity index (χ1n) is 11.8. The number of anilines is 1. The summed E-state index contributed by atoms with van der Waals surface area (Å²) in [5, 5.41) is 2.95. The van der Waals surface area contributed by atoms with Crippen LogP contribution >= 0.6 is 0 Å². The fraction of sp³-hybridized carbons (Fsp3) is 0.250. The predicted molar refractivity (Wildman–Crippen MR) is 133 cm³/mol. The monoisotopic (exact) mass is 453 g/mol. The number of hydrogen-bond acceptors (Lipinski definition) is 4. The number of carbonyl (C=O) groups is 2. The number of fused-ring (bicyclic) bond motifs is 1. The van der Waals surface area contributed by atoms with Gasteiger partial charge in [0.15, 0.2) is 0 Å². The van der Waals surface area contributed by atoms with E-state index in [-0.39, 0.29) is 11.9 Å². The largest absolute Gasteiger partial charge is 0.462 e. The van der Waals surface area contributed by atoms with Gasteiger partial charge < -0.3 is 14.6 Å². The summed E-state index contributed by atoms with van der Waals surface area (Å²) in [5.41, 5.74) is 4.64. The Kier molecular flexibility index (Phi) is 6.12. The third-order valence-corrected chi connectivity index (χ3v) is 6.33. The van der Waals surface area contributed by atoms with E-state index in [0.29, 0.717) is 23.8 Å².